The van der Waals surface area contributed by atoms with Crippen molar-refractivity contribution in [2.24, 2.45) is 11.3 Å². The number of nitrogens with zero attached hydrogens (tertiary/aromatic N) is 2. The van der Waals surface area contributed by atoms with Gasteiger partial charge in [0.05, 0.1) is 24.4 Å². The van der Waals surface area contributed by atoms with Crippen LogP contribution in [0.25, 0.3) is 5.57 Å². The number of aromatic amines is 1. The van der Waals surface area contributed by atoms with Crippen LogP contribution in [0.2, 0.25) is 0 Å². The first kappa shape index (κ1) is 23.8. The monoisotopic (exact) mass is 456 g/mol. The molecule has 2 aromatic rings. The number of aromatic nitrogens is 1. The molecule has 7 N–H and O–H groups in total. The molecule has 34 heavy (non-hydrogen) atoms. The van der Waals surface area contributed by atoms with Gasteiger partial charge in [-0.15, -0.1) is 0 Å². The highest BCUT2D eigenvalue weighted by molar-refractivity contribution is 6.21. The SMILES string of the molecule is [B]N1C(=C(c2ccc(N)cc2)c2ccc(NC=C(NN)C(C)(C)C)[nH]2)C=CC1=[N+]1CCCCC1. The zero-order valence-electron chi connectivity index (χ0n) is 20.4. The van der Waals surface area contributed by atoms with E-state index in [2.05, 4.69) is 59.3 Å². The lowest BCUT2D eigenvalue weighted by molar-refractivity contribution is -0.539. The van der Waals surface area contributed by atoms with Gasteiger partial charge >= 0.3 is 7.98 Å². The summed E-state index contributed by atoms with van der Waals surface area (Å²) in [6, 6.07) is 12.0. The van der Waals surface area contributed by atoms with Crippen LogP contribution in [0.5, 0.6) is 0 Å². The maximum absolute atomic E-state index is 6.68. The van der Waals surface area contributed by atoms with Crippen LogP contribution in [0, 0.1) is 5.41 Å². The van der Waals surface area contributed by atoms with Crippen molar-refractivity contribution in [3.63, 3.8) is 0 Å². The summed E-state index contributed by atoms with van der Waals surface area (Å²) in [6.07, 6.45) is 9.77. The second-order valence-corrected chi connectivity index (χ2v) is 9.87. The Bertz CT molecular complexity index is 1140. The van der Waals surface area contributed by atoms with Gasteiger partial charge in [0.1, 0.15) is 11.5 Å². The molecule has 8 heteroatoms. The molecular formula is C26H35BN7+. The molecule has 1 aromatic heterocycles. The molecule has 2 aliphatic rings. The number of piperidine rings is 1. The second-order valence-electron chi connectivity index (χ2n) is 9.87. The minimum atomic E-state index is -0.107. The first-order valence-corrected chi connectivity index (χ1v) is 11.9. The zero-order chi connectivity index (χ0) is 24.3. The van der Waals surface area contributed by atoms with Crippen LogP contribution in [0.3, 0.4) is 0 Å². The number of hydrogen-bond donors (Lipinski definition) is 5. The van der Waals surface area contributed by atoms with Crippen LogP contribution < -0.4 is 22.3 Å². The highest BCUT2D eigenvalue weighted by Crippen LogP contribution is 2.32. The van der Waals surface area contributed by atoms with E-state index in [0.29, 0.717) is 0 Å². The lowest BCUT2D eigenvalue weighted by Crippen LogP contribution is -2.34. The summed E-state index contributed by atoms with van der Waals surface area (Å²) in [4.78, 5) is 5.30. The van der Waals surface area contributed by atoms with Crippen molar-refractivity contribution >= 4 is 30.9 Å². The number of H-pyrrole nitrogens is 1. The summed E-state index contributed by atoms with van der Waals surface area (Å²) in [6.45, 7) is 8.37. The number of allylic oxidation sites excluding steroid dienone is 2. The number of rotatable bonds is 5. The van der Waals surface area contributed by atoms with Gasteiger partial charge in [-0.05, 0) is 55.2 Å². The van der Waals surface area contributed by atoms with Crippen LogP contribution >= 0.6 is 0 Å². The van der Waals surface area contributed by atoms with E-state index in [1.165, 1.54) is 19.3 Å². The average Bonchev–Trinajstić information content (AvgIpc) is 3.43. The van der Waals surface area contributed by atoms with E-state index in [4.69, 9.17) is 19.6 Å². The lowest BCUT2D eigenvalue weighted by Gasteiger charge is -2.22. The van der Waals surface area contributed by atoms with Crippen molar-refractivity contribution in [3.05, 3.63) is 77.4 Å². The number of nitrogens with two attached hydrogens (primary N) is 2. The molecule has 2 aliphatic heterocycles. The average molecular weight is 456 g/mol. The number of anilines is 2. The third-order valence-corrected chi connectivity index (χ3v) is 6.32. The smallest absolute Gasteiger partial charge is 0.399 e. The van der Waals surface area contributed by atoms with E-state index in [9.17, 15) is 0 Å². The number of nitrogens with one attached hydrogen (secondary N) is 3. The van der Waals surface area contributed by atoms with Crippen LogP contribution in [0.15, 0.2) is 66.1 Å². The molecule has 0 atom stereocenters. The molecule has 0 saturated carbocycles. The predicted octanol–water partition coefficient (Wildman–Crippen LogP) is 3.67. The quantitative estimate of drug-likeness (QED) is 0.156. The van der Waals surface area contributed by atoms with Crippen LogP contribution in [0.4, 0.5) is 11.5 Å². The number of amidine groups is 1. The van der Waals surface area contributed by atoms with Crippen LogP contribution in [0.1, 0.15) is 51.3 Å². The Kier molecular flexibility index (Phi) is 6.88. The third kappa shape index (κ3) is 5.07. The number of benzene rings is 1. The van der Waals surface area contributed by atoms with Crippen molar-refractivity contribution in [1.29, 1.82) is 0 Å². The maximum atomic E-state index is 6.68. The van der Waals surface area contributed by atoms with Gasteiger partial charge in [0.25, 0.3) is 5.84 Å². The lowest BCUT2D eigenvalue weighted by atomic mass is 9.93. The zero-order valence-corrected chi connectivity index (χ0v) is 20.4. The molecule has 1 aromatic carbocycles. The molecule has 0 aliphatic carbocycles. The van der Waals surface area contributed by atoms with Crippen molar-refractivity contribution in [2.45, 2.75) is 40.0 Å². The molecule has 0 unspecified atom stereocenters. The Labute approximate surface area is 203 Å². The van der Waals surface area contributed by atoms with Crippen molar-refractivity contribution in [1.82, 2.24) is 15.2 Å². The molecule has 3 heterocycles. The molecule has 7 nitrogen and oxygen atoms in total. The summed E-state index contributed by atoms with van der Waals surface area (Å²) in [5.41, 5.74) is 14.2. The van der Waals surface area contributed by atoms with E-state index < -0.39 is 0 Å². The van der Waals surface area contributed by atoms with E-state index in [1.54, 1.807) is 4.81 Å². The third-order valence-electron chi connectivity index (χ3n) is 6.32. The van der Waals surface area contributed by atoms with Crippen LogP contribution in [-0.2, 0) is 0 Å². The maximum Gasteiger partial charge on any atom is 0.409 e. The molecule has 4 rings (SSSR count). The van der Waals surface area contributed by atoms with Gasteiger partial charge in [-0.1, -0.05) is 32.9 Å². The van der Waals surface area contributed by atoms with Gasteiger partial charge in [-0.3, -0.25) is 15.2 Å². The number of hydrogen-bond acceptors (Lipinski definition) is 4. The Morgan fingerprint density at radius 2 is 1.76 bits per heavy atom. The van der Waals surface area contributed by atoms with Crippen molar-refractivity contribution in [3.8, 4) is 0 Å². The van der Waals surface area contributed by atoms with Gasteiger partial charge in [-0.2, -0.15) is 0 Å². The minimum Gasteiger partial charge on any atom is -0.399 e. The van der Waals surface area contributed by atoms with Gasteiger partial charge in [0.2, 0.25) is 0 Å². The van der Waals surface area contributed by atoms with Gasteiger partial charge < -0.3 is 21.5 Å². The van der Waals surface area contributed by atoms with Gasteiger partial charge in [0.15, 0.2) is 0 Å². The summed E-state index contributed by atoms with van der Waals surface area (Å²) in [7, 11) is 6.68. The predicted molar refractivity (Wildman–Crippen MR) is 142 cm³/mol. The van der Waals surface area contributed by atoms with Crippen LogP contribution in [-0.4, -0.2) is 41.3 Å². The summed E-state index contributed by atoms with van der Waals surface area (Å²) in [5, 5.41) is 3.32. The first-order chi connectivity index (χ1) is 16.3. The Balaban J connectivity index is 1.73. The van der Waals surface area contributed by atoms with Gasteiger partial charge in [0, 0.05) is 29.1 Å². The molecule has 1 saturated heterocycles. The topological polar surface area (TPSA) is 98.1 Å². The number of hydrazine groups is 1. The molecule has 0 spiro atoms. The first-order valence-electron chi connectivity index (χ1n) is 11.9. The Morgan fingerprint density at radius 1 is 1.06 bits per heavy atom. The fourth-order valence-corrected chi connectivity index (χ4v) is 4.36. The molecule has 0 bridgehead atoms. The molecule has 176 valence electrons. The Morgan fingerprint density at radius 3 is 2.41 bits per heavy atom. The standard InChI is InChI=1S/C26H34BN7/c1-26(2,3)22(32-29)17-30-23-13-11-20(31-23)25(18-7-9-19(28)10-8-18)21-12-14-24(34(21)27)33-15-5-4-6-16-33/h7-14,17,32H,4-6,15-16,29H2,1-3H3,(H3,28,30,31)/p+1. The molecular weight excluding hydrogens is 421 g/mol. The highest BCUT2D eigenvalue weighted by atomic mass is 15.2. The van der Waals surface area contributed by atoms with Crippen molar-refractivity contribution < 1.29 is 4.58 Å². The normalized spacial score (nSPS) is 18.5. The number of nitrogen functional groups attached to an aromatic ring is 1. The van der Waals surface area contributed by atoms with E-state index >= 15 is 0 Å². The summed E-state index contributed by atoms with van der Waals surface area (Å²) < 4.78 is 2.37. The van der Waals surface area contributed by atoms with Crippen molar-refractivity contribution in [2.75, 3.05) is 24.1 Å². The highest BCUT2D eigenvalue weighted by Gasteiger charge is 2.29. The van der Waals surface area contributed by atoms with Gasteiger partial charge in [-0.25, -0.2) is 0 Å². The minimum absolute atomic E-state index is 0.107. The van der Waals surface area contributed by atoms with E-state index in [0.717, 1.165) is 58.7 Å². The van der Waals surface area contributed by atoms with E-state index in [-0.39, 0.29) is 5.41 Å². The Hall–Kier alpha value is -3.39. The molecule has 1 fully saturated rings. The second kappa shape index (κ2) is 9.85. The fraction of sp³-hybridized carbons (Fsp3) is 0.346. The fourth-order valence-electron chi connectivity index (χ4n) is 4.36. The summed E-state index contributed by atoms with van der Waals surface area (Å²) in [5.74, 6) is 7.61. The molecule has 0 amide bonds. The van der Waals surface area contributed by atoms with E-state index in [1.807, 2.05) is 36.5 Å². The summed E-state index contributed by atoms with van der Waals surface area (Å²) >= 11 is 0. The largest absolute Gasteiger partial charge is 0.409 e. The molecule has 2 radical (unpaired) electrons.